The van der Waals surface area contributed by atoms with Crippen LogP contribution in [0.2, 0.25) is 0 Å². The molecule has 0 unspecified atom stereocenters. The highest BCUT2D eigenvalue weighted by molar-refractivity contribution is 6.42. The van der Waals surface area contributed by atoms with Crippen molar-refractivity contribution in [3.63, 3.8) is 0 Å². The number of carbonyl (C=O) groups excluding carboxylic acids is 13. The van der Waals surface area contributed by atoms with Gasteiger partial charge in [0.2, 0.25) is 70.1 Å². The van der Waals surface area contributed by atoms with Gasteiger partial charge < -0.3 is 57.3 Å². The van der Waals surface area contributed by atoms with E-state index in [1.165, 1.54) is 65.8 Å². The van der Waals surface area contributed by atoms with Gasteiger partial charge in [-0.05, 0) is 165 Å². The van der Waals surface area contributed by atoms with E-state index in [2.05, 4.69) is 64.0 Å². The SMILES string of the molecule is CC(=O)N[C@@H](CC(C)C)C(=O)N[C@H](C(=O)C(=O)[C@H](Cc1ccccc1)NN[C@]1(C)CCCCCC/C=C/CCC[C@@](C)(C(=O)N[C@@H](CO)C(=O)N[C@@H](C)C(=O)C(=O)[C@H](C)NN)NC(=O)[C@H](CC2CCC2)CCC(=O)[C@H](Cc2c[nH]c3ccccc23)NN[C@@H](Cc2ccc(O)cc2)C(=O)C(=O)[C@H](CCC(=O)O)NC1=O)[C@@H](C)O. The van der Waals surface area contributed by atoms with E-state index in [4.69, 9.17) is 5.84 Å². The molecular weight excluding hydrogens is 1440 g/mol. The van der Waals surface area contributed by atoms with Gasteiger partial charge in [0.05, 0.1) is 49.0 Å². The highest BCUT2D eigenvalue weighted by Gasteiger charge is 2.44. The second kappa shape index (κ2) is 44.6. The molecule has 0 radical (unpaired) electrons. The third kappa shape index (κ3) is 27.9. The highest BCUT2D eigenvalue weighted by Crippen LogP contribution is 2.35. The molecule has 1 saturated carbocycles. The number of para-hydroxylation sites is 1. The molecule has 6 rings (SSSR count). The number of carboxylic acid groups (broad SMARTS) is 1. The summed E-state index contributed by atoms with van der Waals surface area (Å²) in [5.74, 6) is -8.99. The first-order valence-corrected chi connectivity index (χ1v) is 38.8. The van der Waals surface area contributed by atoms with Crippen molar-refractivity contribution < 1.29 is 87.5 Å². The number of hydrazine groups is 3. The molecule has 1 fully saturated rings. The number of aromatic nitrogens is 1. The molecule has 2 aliphatic rings. The Labute approximate surface area is 653 Å². The molecule has 4 aromatic rings. The lowest BCUT2D eigenvalue weighted by molar-refractivity contribution is -0.143. The van der Waals surface area contributed by atoms with E-state index in [1.807, 2.05) is 50.3 Å². The van der Waals surface area contributed by atoms with Gasteiger partial charge in [-0.3, -0.25) is 73.0 Å². The number of nitrogens with two attached hydrogens (primary N) is 1. The maximum atomic E-state index is 15.4. The topological polar surface area (TPSA) is 494 Å². The molecule has 31 heteroatoms. The summed E-state index contributed by atoms with van der Waals surface area (Å²) in [6.45, 7) is 10.6. The Hall–Kier alpha value is -9.60. The van der Waals surface area contributed by atoms with Gasteiger partial charge in [-0.1, -0.05) is 125 Å². The normalized spacial score (nSPS) is 22.8. The standard InChI is InChI=1S/C81H115N13O18/c1-47(2)40-64(85-51(6)97)76(109)88-68(50(5)96)74(107)73(106)63(42-53-24-17-16-18-25-53)93-94-81(8)39-22-15-13-11-9-10-12-14-21-38-80(7,78(111)87-65(46-95)77(110)84-48(3)69(102)70(103)49(4)90-82)89-75(108)55(41-52-26-23-27-52)32-36-66(99)61(44-56-45-83-59-29-20-19-28-58(56)59)91-92-62(43-54-30-33-57(98)34-31-54)72(105)71(104)60(86-79(81)112)35-37-67(100)101/h10,12,16-20,24-25,28-31,33-34,45,47-50,52,55,60-65,68,83,90-96,98H,9,11,13-15,21-23,26-27,32,35-44,46,82H2,1-8H3,(H,84,110)(H,85,97)(H,86,112)(H,87,111)(H,88,109)(H,89,108)(H,100,101)/b12-10+/t48-,49-,50+,55-,60-,61-,62-,63-,64-,65-,68-,80-,81+/m0/s1. The molecule has 18 N–H and O–H groups in total. The molecular formula is C81H115N13O18. The van der Waals surface area contributed by atoms with Crippen LogP contribution in [-0.4, -0.2) is 185 Å². The van der Waals surface area contributed by atoms with Crippen molar-refractivity contribution in [2.45, 2.75) is 262 Å². The summed E-state index contributed by atoms with van der Waals surface area (Å²) in [6.07, 6.45) is 7.90. The quantitative estimate of drug-likeness (QED) is 0.0145. The fourth-order valence-corrected chi connectivity index (χ4v) is 13.6. The fraction of sp³-hybridized carbons (Fsp3) is 0.556. The van der Waals surface area contributed by atoms with Gasteiger partial charge in [-0.2, -0.15) is 0 Å². The molecule has 112 heavy (non-hydrogen) atoms. The number of aromatic amines is 1. The minimum atomic E-state index is -1.87. The first-order chi connectivity index (χ1) is 53.2. The third-order valence-corrected chi connectivity index (χ3v) is 20.8. The smallest absolute Gasteiger partial charge is 0.303 e. The number of allylic oxidation sites excluding steroid dienone is 2. The zero-order valence-electron chi connectivity index (χ0n) is 65.4. The number of phenols is 1. The van der Waals surface area contributed by atoms with E-state index in [1.54, 1.807) is 36.5 Å². The molecule has 0 spiro atoms. The number of aliphatic carboxylic acids is 1. The largest absolute Gasteiger partial charge is 0.508 e. The van der Waals surface area contributed by atoms with Gasteiger partial charge in [-0.25, -0.2) is 27.1 Å². The Morgan fingerprint density at radius 3 is 1.91 bits per heavy atom. The van der Waals surface area contributed by atoms with Gasteiger partial charge in [0, 0.05) is 42.8 Å². The van der Waals surface area contributed by atoms with Crippen molar-refractivity contribution in [1.82, 2.24) is 64.0 Å². The Morgan fingerprint density at radius 1 is 0.643 bits per heavy atom. The minimum absolute atomic E-state index is 0.000389. The number of aromatic hydroxyl groups is 1. The number of aliphatic hydroxyl groups excluding tert-OH is 2. The number of hydrogen-bond donors (Lipinski definition) is 17. The highest BCUT2D eigenvalue weighted by atomic mass is 16.4. The lowest BCUT2D eigenvalue weighted by Crippen LogP contribution is -2.66. The second-order valence-electron chi connectivity index (χ2n) is 30.6. The van der Waals surface area contributed by atoms with Gasteiger partial charge >= 0.3 is 5.97 Å². The van der Waals surface area contributed by atoms with Crippen LogP contribution in [0.4, 0.5) is 0 Å². The molecule has 1 aliphatic heterocycles. The van der Waals surface area contributed by atoms with Crippen molar-refractivity contribution in [2.75, 3.05) is 6.61 Å². The number of aliphatic hydroxyl groups is 2. The number of carboxylic acids is 1. The predicted molar refractivity (Wildman–Crippen MR) is 416 cm³/mol. The number of rotatable bonds is 32. The number of nitrogens with one attached hydrogen (secondary N) is 12. The van der Waals surface area contributed by atoms with Crippen LogP contribution in [0.1, 0.15) is 188 Å². The number of ketones is 7. The summed E-state index contributed by atoms with van der Waals surface area (Å²) in [7, 11) is 0. The van der Waals surface area contributed by atoms with E-state index in [0.717, 1.165) is 30.2 Å². The molecule has 0 bridgehead atoms. The average molecular weight is 1560 g/mol. The van der Waals surface area contributed by atoms with Crippen LogP contribution in [0.3, 0.4) is 0 Å². The maximum Gasteiger partial charge on any atom is 0.303 e. The maximum absolute atomic E-state index is 15.4. The molecule has 1 aromatic heterocycles. The molecule has 1 aliphatic carbocycles. The lowest BCUT2D eigenvalue weighted by atomic mass is 9.77. The first kappa shape index (κ1) is 91.3. The van der Waals surface area contributed by atoms with E-state index in [9.17, 15) is 63.6 Å². The zero-order valence-corrected chi connectivity index (χ0v) is 65.4. The summed E-state index contributed by atoms with van der Waals surface area (Å²) in [6, 6.07) is 8.19. The van der Waals surface area contributed by atoms with Crippen LogP contribution in [-0.2, 0) is 86.4 Å². The number of phenolic OH excluding ortho intramolecular Hbond substituents is 1. The monoisotopic (exact) mass is 1560 g/mol. The molecule has 612 valence electrons. The minimum Gasteiger partial charge on any atom is -0.508 e. The molecule has 2 heterocycles. The Bertz CT molecular complexity index is 3940. The molecule has 0 saturated heterocycles. The average Bonchev–Trinajstić information content (AvgIpc) is 1.53. The number of carbonyl (C=O) groups is 14. The molecule has 3 aromatic carbocycles. The van der Waals surface area contributed by atoms with Crippen LogP contribution in [0, 0.1) is 17.8 Å². The molecule has 31 nitrogen and oxygen atoms in total. The summed E-state index contributed by atoms with van der Waals surface area (Å²) in [5, 5.41) is 58.4. The van der Waals surface area contributed by atoms with Crippen molar-refractivity contribution in [2.24, 2.45) is 23.6 Å². The number of hydrogen-bond acceptors (Lipinski definition) is 23. The van der Waals surface area contributed by atoms with E-state index < -0.39 is 179 Å². The van der Waals surface area contributed by atoms with Gasteiger partial charge in [0.25, 0.3) is 0 Å². The van der Waals surface area contributed by atoms with Crippen LogP contribution in [0.15, 0.2) is 97.2 Å². The summed E-state index contributed by atoms with van der Waals surface area (Å²) in [4.78, 5) is 201. The number of amides is 6. The lowest BCUT2D eigenvalue weighted by Gasteiger charge is -2.35. The van der Waals surface area contributed by atoms with Crippen molar-refractivity contribution in [1.29, 1.82) is 0 Å². The van der Waals surface area contributed by atoms with Crippen molar-refractivity contribution in [3.8, 4) is 5.75 Å². The first-order valence-electron chi connectivity index (χ1n) is 38.8. The van der Waals surface area contributed by atoms with Gasteiger partial charge in [0.15, 0.2) is 5.78 Å². The Kier molecular flexibility index (Phi) is 36.3. The van der Waals surface area contributed by atoms with Crippen molar-refractivity contribution >= 4 is 92.8 Å². The van der Waals surface area contributed by atoms with E-state index in [-0.39, 0.29) is 75.4 Å². The van der Waals surface area contributed by atoms with Crippen molar-refractivity contribution in [3.05, 3.63) is 114 Å². The van der Waals surface area contributed by atoms with E-state index in [0.29, 0.717) is 61.6 Å². The van der Waals surface area contributed by atoms with Crippen LogP contribution < -0.4 is 64.9 Å². The van der Waals surface area contributed by atoms with Crippen LogP contribution in [0.5, 0.6) is 5.75 Å². The Morgan fingerprint density at radius 2 is 1.28 bits per heavy atom. The van der Waals surface area contributed by atoms with Crippen LogP contribution in [0.25, 0.3) is 10.9 Å². The number of benzene rings is 3. The second-order valence-corrected chi connectivity index (χ2v) is 30.6. The van der Waals surface area contributed by atoms with E-state index >= 15 is 24.0 Å². The number of H-pyrrole nitrogens is 1. The summed E-state index contributed by atoms with van der Waals surface area (Å²) >= 11 is 0. The molecule has 6 amide bonds. The molecule has 13 atom stereocenters. The number of Topliss-reactive ketones (excluding diaryl/α,β-unsaturated/α-hetero) is 7. The predicted octanol–water partition coefficient (Wildman–Crippen LogP) is 3.08. The third-order valence-electron chi connectivity index (χ3n) is 20.8. The van der Waals surface area contributed by atoms with Crippen LogP contribution >= 0.6 is 0 Å². The van der Waals surface area contributed by atoms with Gasteiger partial charge in [0.1, 0.15) is 35.0 Å². The zero-order chi connectivity index (χ0) is 82.4. The Balaban J connectivity index is 1.40. The summed E-state index contributed by atoms with van der Waals surface area (Å²) in [5.41, 5.74) is 12.8. The number of fused-ring (bicyclic) bond motifs is 1. The summed E-state index contributed by atoms with van der Waals surface area (Å²) < 4.78 is 0. The fourth-order valence-electron chi connectivity index (χ4n) is 13.6. The van der Waals surface area contributed by atoms with Gasteiger partial charge in [-0.15, -0.1) is 0 Å².